The predicted octanol–water partition coefficient (Wildman–Crippen LogP) is 3.80. The first-order chi connectivity index (χ1) is 14.5. The van der Waals surface area contributed by atoms with Crippen molar-refractivity contribution in [2.75, 3.05) is 24.7 Å². The summed E-state index contributed by atoms with van der Waals surface area (Å²) in [7, 11) is 0. The van der Waals surface area contributed by atoms with Crippen molar-refractivity contribution in [2.45, 2.75) is 13.8 Å². The summed E-state index contributed by atoms with van der Waals surface area (Å²) in [5, 5.41) is 2.75. The van der Waals surface area contributed by atoms with E-state index >= 15 is 0 Å². The van der Waals surface area contributed by atoms with Crippen LogP contribution in [0.2, 0.25) is 0 Å². The van der Waals surface area contributed by atoms with Crippen LogP contribution in [0, 0.1) is 5.92 Å². The Kier molecular flexibility index (Phi) is 5.76. The highest BCUT2D eigenvalue weighted by molar-refractivity contribution is 7.13. The minimum Gasteiger partial charge on any atom is -0.482 e. The number of pyridine rings is 1. The van der Waals surface area contributed by atoms with Crippen LogP contribution in [0.25, 0.3) is 22.0 Å². The highest BCUT2D eigenvalue weighted by Crippen LogP contribution is 2.37. The Labute approximate surface area is 178 Å². The average molecular weight is 423 g/mol. The van der Waals surface area contributed by atoms with Gasteiger partial charge in [-0.25, -0.2) is 4.98 Å². The Morgan fingerprint density at radius 3 is 2.90 bits per heavy atom. The number of nitrogens with zero attached hydrogens (tertiary/aromatic N) is 3. The van der Waals surface area contributed by atoms with E-state index in [0.717, 1.165) is 22.0 Å². The molecule has 0 atom stereocenters. The second-order valence-electron chi connectivity index (χ2n) is 7.28. The van der Waals surface area contributed by atoms with E-state index in [1.165, 1.54) is 16.2 Å². The van der Waals surface area contributed by atoms with E-state index in [-0.39, 0.29) is 25.0 Å². The van der Waals surface area contributed by atoms with Gasteiger partial charge >= 0.3 is 5.97 Å². The third-order valence-electron chi connectivity index (χ3n) is 4.45. The van der Waals surface area contributed by atoms with E-state index in [2.05, 4.69) is 9.97 Å². The summed E-state index contributed by atoms with van der Waals surface area (Å²) in [6.07, 6.45) is 1.73. The second-order valence-corrected chi connectivity index (χ2v) is 8.14. The first-order valence-electron chi connectivity index (χ1n) is 9.61. The van der Waals surface area contributed by atoms with Gasteiger partial charge in [0, 0.05) is 17.1 Å². The fraction of sp³-hybridized carbons (Fsp3) is 0.273. The zero-order chi connectivity index (χ0) is 21.1. The van der Waals surface area contributed by atoms with Crippen molar-refractivity contribution in [3.05, 3.63) is 48.0 Å². The van der Waals surface area contributed by atoms with Crippen molar-refractivity contribution in [2.24, 2.45) is 5.92 Å². The molecule has 30 heavy (non-hydrogen) atoms. The lowest BCUT2D eigenvalue weighted by molar-refractivity contribution is -0.144. The van der Waals surface area contributed by atoms with Crippen LogP contribution in [-0.4, -0.2) is 41.6 Å². The summed E-state index contributed by atoms with van der Waals surface area (Å²) < 4.78 is 10.8. The molecule has 0 saturated heterocycles. The molecule has 4 rings (SSSR count). The number of benzene rings is 1. The van der Waals surface area contributed by atoms with Crippen LogP contribution >= 0.6 is 11.3 Å². The SMILES string of the molecule is CC(C)COC(=O)CN1C(=O)COc2ccc(-c3csc(-c4ccccn4)n3)cc21. The molecule has 1 aromatic carbocycles. The summed E-state index contributed by atoms with van der Waals surface area (Å²) in [4.78, 5) is 35.1. The molecule has 8 heteroatoms. The summed E-state index contributed by atoms with van der Waals surface area (Å²) in [5.74, 6) is 0.0522. The average Bonchev–Trinajstić information content (AvgIpc) is 3.25. The van der Waals surface area contributed by atoms with Crippen LogP contribution in [0.4, 0.5) is 5.69 Å². The highest BCUT2D eigenvalue weighted by atomic mass is 32.1. The second kappa shape index (κ2) is 8.62. The lowest BCUT2D eigenvalue weighted by Crippen LogP contribution is -2.42. The zero-order valence-electron chi connectivity index (χ0n) is 16.7. The number of anilines is 1. The van der Waals surface area contributed by atoms with Gasteiger partial charge in [0.15, 0.2) is 6.61 Å². The summed E-state index contributed by atoms with van der Waals surface area (Å²) in [6, 6.07) is 11.2. The fourth-order valence-corrected chi connectivity index (χ4v) is 3.79. The molecule has 0 radical (unpaired) electrons. The van der Waals surface area contributed by atoms with Crippen molar-refractivity contribution in [1.29, 1.82) is 0 Å². The molecule has 7 nitrogen and oxygen atoms in total. The third-order valence-corrected chi connectivity index (χ3v) is 5.32. The Hall–Kier alpha value is -3.26. The minimum atomic E-state index is -0.443. The molecule has 1 amide bonds. The molecule has 1 aliphatic rings. The molecule has 154 valence electrons. The maximum atomic E-state index is 12.4. The molecule has 0 unspecified atom stereocenters. The molecule has 0 bridgehead atoms. The number of carbonyl (C=O) groups is 2. The van der Waals surface area contributed by atoms with Crippen molar-refractivity contribution < 1.29 is 19.1 Å². The van der Waals surface area contributed by atoms with E-state index in [4.69, 9.17) is 9.47 Å². The Morgan fingerprint density at radius 1 is 1.27 bits per heavy atom. The van der Waals surface area contributed by atoms with Crippen molar-refractivity contribution >= 4 is 28.9 Å². The Morgan fingerprint density at radius 2 is 2.13 bits per heavy atom. The highest BCUT2D eigenvalue weighted by Gasteiger charge is 2.28. The van der Waals surface area contributed by atoms with E-state index < -0.39 is 5.97 Å². The minimum absolute atomic E-state index is 0.107. The van der Waals surface area contributed by atoms with E-state index in [0.29, 0.717) is 18.0 Å². The number of rotatable bonds is 6. The van der Waals surface area contributed by atoms with Gasteiger partial charge in [-0.15, -0.1) is 11.3 Å². The largest absolute Gasteiger partial charge is 0.482 e. The van der Waals surface area contributed by atoms with Crippen molar-refractivity contribution in [3.8, 4) is 27.7 Å². The number of ether oxygens (including phenoxy) is 2. The van der Waals surface area contributed by atoms with Crippen LogP contribution in [0.1, 0.15) is 13.8 Å². The number of hydrogen-bond donors (Lipinski definition) is 0. The molecule has 3 heterocycles. The van der Waals surface area contributed by atoms with Gasteiger partial charge in [-0.1, -0.05) is 19.9 Å². The molecular weight excluding hydrogens is 402 g/mol. The lowest BCUT2D eigenvalue weighted by atomic mass is 10.1. The van der Waals surface area contributed by atoms with Crippen LogP contribution in [0.5, 0.6) is 5.75 Å². The zero-order valence-corrected chi connectivity index (χ0v) is 17.5. The monoisotopic (exact) mass is 423 g/mol. The van der Waals surface area contributed by atoms with E-state index in [1.54, 1.807) is 12.3 Å². The molecule has 0 N–H and O–H groups in total. The Balaban J connectivity index is 1.60. The lowest BCUT2D eigenvalue weighted by Gasteiger charge is -2.29. The van der Waals surface area contributed by atoms with Crippen LogP contribution in [0.3, 0.4) is 0 Å². The summed E-state index contributed by atoms with van der Waals surface area (Å²) in [5.41, 5.74) is 2.94. The molecule has 1 aliphatic heterocycles. The van der Waals surface area contributed by atoms with Gasteiger partial charge in [0.05, 0.1) is 23.7 Å². The van der Waals surface area contributed by atoms with Gasteiger partial charge in [-0.3, -0.25) is 19.5 Å². The smallest absolute Gasteiger partial charge is 0.326 e. The molecule has 0 spiro atoms. The topological polar surface area (TPSA) is 81.6 Å². The number of aromatic nitrogens is 2. The summed E-state index contributed by atoms with van der Waals surface area (Å²) in [6.45, 7) is 3.98. The molecule has 0 saturated carbocycles. The number of amides is 1. The van der Waals surface area contributed by atoms with Gasteiger partial charge in [-0.2, -0.15) is 0 Å². The Bertz CT molecular complexity index is 1070. The van der Waals surface area contributed by atoms with Gasteiger partial charge < -0.3 is 9.47 Å². The quantitative estimate of drug-likeness (QED) is 0.561. The van der Waals surface area contributed by atoms with Crippen LogP contribution in [-0.2, 0) is 14.3 Å². The normalized spacial score (nSPS) is 13.2. The van der Waals surface area contributed by atoms with Gasteiger partial charge in [0.1, 0.15) is 17.3 Å². The third kappa shape index (κ3) is 4.33. The van der Waals surface area contributed by atoms with Gasteiger partial charge in [0.2, 0.25) is 0 Å². The molecular formula is C22H21N3O4S. The number of thiazole rings is 1. The maximum absolute atomic E-state index is 12.4. The van der Waals surface area contributed by atoms with Crippen molar-refractivity contribution in [1.82, 2.24) is 9.97 Å². The first kappa shape index (κ1) is 20.0. The van der Waals surface area contributed by atoms with E-state index in [1.807, 2.05) is 49.6 Å². The molecule has 0 fully saturated rings. The molecule has 0 aliphatic carbocycles. The maximum Gasteiger partial charge on any atom is 0.326 e. The molecule has 3 aromatic rings. The van der Waals surface area contributed by atoms with Gasteiger partial charge in [0.25, 0.3) is 5.91 Å². The standard InChI is InChI=1S/C22H21N3O4S/c1-14(2)11-29-21(27)10-25-18-9-15(6-7-19(18)28-12-20(25)26)17-13-30-22(24-17)16-5-3-4-8-23-16/h3-9,13-14H,10-12H2,1-2H3. The molecule has 2 aromatic heterocycles. The number of hydrogen-bond acceptors (Lipinski definition) is 7. The van der Waals surface area contributed by atoms with Crippen LogP contribution < -0.4 is 9.64 Å². The number of carbonyl (C=O) groups excluding carboxylic acids is 2. The summed E-state index contributed by atoms with van der Waals surface area (Å²) >= 11 is 1.50. The van der Waals surface area contributed by atoms with Crippen LogP contribution in [0.15, 0.2) is 48.0 Å². The number of fused-ring (bicyclic) bond motifs is 1. The predicted molar refractivity (Wildman–Crippen MR) is 114 cm³/mol. The number of esters is 1. The van der Waals surface area contributed by atoms with Crippen molar-refractivity contribution in [3.63, 3.8) is 0 Å². The fourth-order valence-electron chi connectivity index (χ4n) is 2.98. The first-order valence-corrected chi connectivity index (χ1v) is 10.5. The van der Waals surface area contributed by atoms with Gasteiger partial charge in [-0.05, 0) is 36.2 Å². The van der Waals surface area contributed by atoms with E-state index in [9.17, 15) is 9.59 Å².